The first-order chi connectivity index (χ1) is 17.4. The molecular formula is C29H38N2O6. The number of aryl methyl sites for hydroxylation is 2. The van der Waals surface area contributed by atoms with Gasteiger partial charge in [-0.25, -0.2) is 4.79 Å². The Balaban J connectivity index is 1.45. The van der Waals surface area contributed by atoms with Gasteiger partial charge in [0.15, 0.2) is 17.5 Å². The molecule has 8 atom stereocenters. The van der Waals surface area contributed by atoms with E-state index < -0.39 is 41.7 Å². The van der Waals surface area contributed by atoms with Crippen LogP contribution in [0.2, 0.25) is 0 Å². The molecule has 0 radical (unpaired) electrons. The van der Waals surface area contributed by atoms with Crippen molar-refractivity contribution in [1.82, 2.24) is 9.78 Å². The molecule has 1 aromatic rings. The van der Waals surface area contributed by atoms with Crippen molar-refractivity contribution in [3.8, 4) is 0 Å². The van der Waals surface area contributed by atoms with Crippen molar-refractivity contribution < 1.29 is 29.6 Å². The summed E-state index contributed by atoms with van der Waals surface area (Å²) in [6.07, 6.45) is 4.88. The predicted molar refractivity (Wildman–Crippen MR) is 134 cm³/mol. The number of fused-ring (bicyclic) bond motifs is 4. The number of carbonyl (C=O) groups is 2. The van der Waals surface area contributed by atoms with Crippen LogP contribution < -0.4 is 0 Å². The highest BCUT2D eigenvalue weighted by atomic mass is 16.6. The van der Waals surface area contributed by atoms with Crippen LogP contribution in [0.3, 0.4) is 0 Å². The number of aliphatic hydroxyl groups excluding tert-OH is 2. The summed E-state index contributed by atoms with van der Waals surface area (Å²) >= 11 is 0. The van der Waals surface area contributed by atoms with Gasteiger partial charge in [-0.05, 0) is 73.3 Å². The summed E-state index contributed by atoms with van der Waals surface area (Å²) < 4.78 is 7.61. The molecule has 200 valence electrons. The van der Waals surface area contributed by atoms with Crippen LogP contribution in [0, 0.1) is 34.5 Å². The molecule has 2 saturated carbocycles. The summed E-state index contributed by atoms with van der Waals surface area (Å²) in [4.78, 5) is 28.1. The molecule has 0 amide bonds. The topological polar surface area (TPSA) is 122 Å². The first kappa shape index (κ1) is 25.0. The second-order valence-electron chi connectivity index (χ2n) is 12.8. The number of Topliss-reactive ketones (excluding diaryl/α,β-unsaturated/α-hetero) is 1. The number of ketones is 1. The molecular weight excluding hydrogens is 472 g/mol. The average molecular weight is 511 g/mol. The summed E-state index contributed by atoms with van der Waals surface area (Å²) in [5.74, 6) is -1.23. The van der Waals surface area contributed by atoms with Crippen molar-refractivity contribution in [3.05, 3.63) is 40.2 Å². The first-order valence-electron chi connectivity index (χ1n) is 13.6. The van der Waals surface area contributed by atoms with E-state index in [1.165, 1.54) is 0 Å². The molecule has 8 heteroatoms. The lowest BCUT2D eigenvalue weighted by Gasteiger charge is -2.48. The van der Waals surface area contributed by atoms with E-state index in [4.69, 9.17) is 4.74 Å². The van der Waals surface area contributed by atoms with E-state index in [1.807, 2.05) is 6.92 Å². The maximum absolute atomic E-state index is 14.5. The number of carbonyl (C=O) groups excluding carboxylic acids is 2. The minimum Gasteiger partial charge on any atom is -0.450 e. The van der Waals surface area contributed by atoms with Crippen molar-refractivity contribution in [2.75, 3.05) is 6.61 Å². The number of aliphatic hydroxyl groups is 3. The number of aromatic nitrogens is 2. The molecule has 2 fully saturated rings. The summed E-state index contributed by atoms with van der Waals surface area (Å²) in [7, 11) is 1.71. The Labute approximate surface area is 217 Å². The molecule has 3 N–H and O–H groups in total. The fourth-order valence-corrected chi connectivity index (χ4v) is 8.69. The van der Waals surface area contributed by atoms with Crippen LogP contribution in [0.15, 0.2) is 23.3 Å². The van der Waals surface area contributed by atoms with Crippen molar-refractivity contribution in [2.24, 2.45) is 41.5 Å². The Hall–Kier alpha value is -2.29. The van der Waals surface area contributed by atoms with Crippen molar-refractivity contribution in [1.29, 1.82) is 0 Å². The molecule has 1 spiro atoms. The number of hydrogen-bond donors (Lipinski definition) is 3. The van der Waals surface area contributed by atoms with Gasteiger partial charge in [0.1, 0.15) is 11.8 Å². The Morgan fingerprint density at radius 3 is 2.68 bits per heavy atom. The largest absolute Gasteiger partial charge is 0.450 e. The zero-order chi connectivity index (χ0) is 26.7. The Kier molecular flexibility index (Phi) is 5.32. The molecule has 0 unspecified atom stereocenters. The van der Waals surface area contributed by atoms with Crippen LogP contribution in [-0.2, 0) is 29.4 Å². The third-order valence-electron chi connectivity index (χ3n) is 10.6. The van der Waals surface area contributed by atoms with Gasteiger partial charge in [-0.2, -0.15) is 5.10 Å². The van der Waals surface area contributed by atoms with Crippen LogP contribution in [0.4, 0.5) is 0 Å². The Morgan fingerprint density at radius 1 is 1.27 bits per heavy atom. The summed E-state index contributed by atoms with van der Waals surface area (Å²) in [5.41, 5.74) is -0.733. The van der Waals surface area contributed by atoms with E-state index in [-0.39, 0.29) is 28.6 Å². The molecule has 5 aliphatic rings. The number of ether oxygens (including phenoxy) is 1. The van der Waals surface area contributed by atoms with Gasteiger partial charge in [0.05, 0.1) is 17.7 Å². The first-order valence-corrected chi connectivity index (χ1v) is 13.6. The Morgan fingerprint density at radius 2 is 1.97 bits per heavy atom. The molecule has 6 rings (SSSR count). The van der Waals surface area contributed by atoms with Gasteiger partial charge in [0.2, 0.25) is 0 Å². The Bertz CT molecular complexity index is 1260. The smallest absolute Gasteiger partial charge is 0.357 e. The van der Waals surface area contributed by atoms with Gasteiger partial charge in [-0.15, -0.1) is 0 Å². The fraction of sp³-hybridized carbons (Fsp3) is 0.690. The van der Waals surface area contributed by atoms with Gasteiger partial charge in [0, 0.05) is 18.5 Å². The minimum atomic E-state index is -2.13. The molecule has 37 heavy (non-hydrogen) atoms. The van der Waals surface area contributed by atoms with Crippen LogP contribution in [-0.4, -0.2) is 61.3 Å². The predicted octanol–water partition coefficient (Wildman–Crippen LogP) is 2.29. The van der Waals surface area contributed by atoms with Crippen LogP contribution >= 0.6 is 0 Å². The van der Waals surface area contributed by atoms with Crippen LogP contribution in [0.25, 0.3) is 0 Å². The van der Waals surface area contributed by atoms with E-state index in [0.717, 1.165) is 43.4 Å². The summed E-state index contributed by atoms with van der Waals surface area (Å²) in [6.45, 7) is 7.53. The van der Waals surface area contributed by atoms with E-state index in [2.05, 4.69) is 18.9 Å². The third kappa shape index (κ3) is 2.98. The van der Waals surface area contributed by atoms with Crippen molar-refractivity contribution >= 4 is 11.8 Å². The third-order valence-corrected chi connectivity index (χ3v) is 10.6. The monoisotopic (exact) mass is 510 g/mol. The second kappa shape index (κ2) is 7.87. The van der Waals surface area contributed by atoms with Crippen LogP contribution in [0.1, 0.15) is 68.7 Å². The molecule has 1 aromatic heterocycles. The molecule has 0 aromatic carbocycles. The fourth-order valence-electron chi connectivity index (χ4n) is 8.69. The van der Waals surface area contributed by atoms with Gasteiger partial charge < -0.3 is 20.1 Å². The number of allylic oxidation sites excluding steroid dienone is 1. The van der Waals surface area contributed by atoms with E-state index in [9.17, 15) is 24.9 Å². The van der Waals surface area contributed by atoms with Crippen molar-refractivity contribution in [2.45, 2.75) is 77.6 Å². The number of rotatable bonds is 3. The highest BCUT2D eigenvalue weighted by molar-refractivity contribution is 5.96. The summed E-state index contributed by atoms with van der Waals surface area (Å²) in [6, 6.07) is 0. The number of hydrogen-bond acceptors (Lipinski definition) is 7. The van der Waals surface area contributed by atoms with Crippen LogP contribution in [0.5, 0.6) is 0 Å². The summed E-state index contributed by atoms with van der Waals surface area (Å²) in [5, 5.41) is 39.0. The maximum atomic E-state index is 14.5. The van der Waals surface area contributed by atoms with E-state index in [1.54, 1.807) is 30.8 Å². The van der Waals surface area contributed by atoms with Crippen molar-refractivity contribution in [3.63, 3.8) is 0 Å². The zero-order valence-corrected chi connectivity index (χ0v) is 22.3. The molecule has 8 nitrogen and oxygen atoms in total. The molecule has 1 heterocycles. The SMILES string of the molecule is CC1=C[C@]23C(=O)[C@@H](C=C(CO)[C@@H](O)[C@]2(O)[C@H]1OC(=O)c1c2c(nn1C)CCCC2)[C@H]1[C@@H](C[C@H]3C)C1(C)C. The molecule has 5 aliphatic carbocycles. The minimum absolute atomic E-state index is 0.0392. The number of esters is 1. The van der Waals surface area contributed by atoms with Gasteiger partial charge in [-0.1, -0.05) is 32.9 Å². The second-order valence-corrected chi connectivity index (χ2v) is 12.8. The quantitative estimate of drug-likeness (QED) is 0.421. The van der Waals surface area contributed by atoms with E-state index in [0.29, 0.717) is 17.2 Å². The lowest BCUT2D eigenvalue weighted by atomic mass is 9.59. The highest BCUT2D eigenvalue weighted by Crippen LogP contribution is 2.71. The van der Waals surface area contributed by atoms with Gasteiger partial charge in [0.25, 0.3) is 0 Å². The van der Waals surface area contributed by atoms with Gasteiger partial charge in [-0.3, -0.25) is 9.48 Å². The molecule has 2 bridgehead atoms. The number of nitrogens with zero attached hydrogens (tertiary/aromatic N) is 2. The normalized spacial score (nSPS) is 41.5. The maximum Gasteiger partial charge on any atom is 0.357 e. The molecule has 0 aliphatic heterocycles. The zero-order valence-electron chi connectivity index (χ0n) is 22.3. The lowest BCUT2D eigenvalue weighted by Crippen LogP contribution is -2.65. The van der Waals surface area contributed by atoms with E-state index >= 15 is 0 Å². The van der Waals surface area contributed by atoms with Gasteiger partial charge >= 0.3 is 5.97 Å². The average Bonchev–Trinajstić information content (AvgIpc) is 3.14. The lowest BCUT2D eigenvalue weighted by molar-refractivity contribution is -0.190. The molecule has 0 saturated heterocycles. The standard InChI is InChI=1S/C29H38N2O6/c1-14-12-28-15(2)10-19-21(27(19,3)4)18(24(28)34)11-16(13-32)23(33)29(28,36)25(14)37-26(35)22-17-8-6-7-9-20(17)30-31(22)5/h11-12,15,18-19,21,23,25,32-33,36H,6-10,13H2,1-5H3/t15-,18+,19-,21+,23-,25+,28+,29+/m1/s1. The highest BCUT2D eigenvalue weighted by Gasteiger charge is 2.76.